The van der Waals surface area contributed by atoms with Crippen molar-refractivity contribution in [3.63, 3.8) is 0 Å². The third-order valence-electron chi connectivity index (χ3n) is 2.57. The molecule has 0 N–H and O–H groups in total. The predicted molar refractivity (Wildman–Crippen MR) is 56.3 cm³/mol. The van der Waals surface area contributed by atoms with Gasteiger partial charge in [-0.15, -0.1) is 0 Å². The van der Waals surface area contributed by atoms with Crippen molar-refractivity contribution in [2.24, 2.45) is 11.8 Å². The molecule has 0 fully saturated rings. The van der Waals surface area contributed by atoms with Gasteiger partial charge in [-0.25, -0.2) is 0 Å². The van der Waals surface area contributed by atoms with Gasteiger partial charge in [-0.1, -0.05) is 40.0 Å². The highest BCUT2D eigenvalue weighted by atomic mass is 32.1. The van der Waals surface area contributed by atoms with E-state index < -0.39 is 0 Å². The molecule has 0 aliphatic carbocycles. The molecule has 0 aromatic heterocycles. The highest BCUT2D eigenvalue weighted by Crippen LogP contribution is 2.20. The van der Waals surface area contributed by atoms with E-state index in [2.05, 4.69) is 33.4 Å². The number of hydrogen-bond donors (Lipinski definition) is 1. The fourth-order valence-electron chi connectivity index (χ4n) is 1.30. The van der Waals surface area contributed by atoms with Crippen molar-refractivity contribution in [3.8, 4) is 0 Å². The first-order valence-corrected chi connectivity index (χ1v) is 5.46. The zero-order valence-electron chi connectivity index (χ0n) is 8.14. The van der Waals surface area contributed by atoms with Gasteiger partial charge in [0.2, 0.25) is 0 Å². The third-order valence-corrected chi connectivity index (χ3v) is 2.83. The molecule has 0 amide bonds. The first kappa shape index (κ1) is 11.4. The van der Waals surface area contributed by atoms with Gasteiger partial charge in [0, 0.05) is 0 Å². The topological polar surface area (TPSA) is 0 Å². The zero-order chi connectivity index (χ0) is 8.69. The number of rotatable bonds is 6. The van der Waals surface area contributed by atoms with Crippen molar-refractivity contribution >= 4 is 12.6 Å². The van der Waals surface area contributed by atoms with E-state index in [1.165, 1.54) is 25.7 Å². The zero-order valence-corrected chi connectivity index (χ0v) is 9.03. The Labute approximate surface area is 77.2 Å². The lowest BCUT2D eigenvalue weighted by molar-refractivity contribution is 0.348. The van der Waals surface area contributed by atoms with E-state index >= 15 is 0 Å². The minimum atomic E-state index is 0.860. The van der Waals surface area contributed by atoms with Crippen LogP contribution in [0.1, 0.15) is 46.5 Å². The maximum atomic E-state index is 4.25. The maximum absolute atomic E-state index is 4.25. The van der Waals surface area contributed by atoms with Gasteiger partial charge in [-0.2, -0.15) is 12.6 Å². The van der Waals surface area contributed by atoms with Crippen molar-refractivity contribution in [2.75, 3.05) is 5.75 Å². The Morgan fingerprint density at radius 1 is 1.09 bits per heavy atom. The molecule has 0 spiro atoms. The average molecular weight is 174 g/mol. The first-order valence-electron chi connectivity index (χ1n) is 4.83. The Hall–Kier alpha value is 0.350. The summed E-state index contributed by atoms with van der Waals surface area (Å²) in [6, 6.07) is 0. The molecule has 68 valence electrons. The second-order valence-electron chi connectivity index (χ2n) is 3.61. The molecule has 2 unspecified atom stereocenters. The smallest absolute Gasteiger partial charge is 0.00953 e. The number of hydrogen-bond acceptors (Lipinski definition) is 1. The summed E-state index contributed by atoms with van der Waals surface area (Å²) >= 11 is 4.25. The molecule has 0 saturated carbocycles. The van der Waals surface area contributed by atoms with Crippen LogP contribution in [0, 0.1) is 11.8 Å². The second kappa shape index (κ2) is 7.02. The van der Waals surface area contributed by atoms with Crippen LogP contribution in [-0.4, -0.2) is 5.75 Å². The van der Waals surface area contributed by atoms with Crippen LogP contribution in [-0.2, 0) is 0 Å². The molecule has 0 radical (unpaired) electrons. The Balaban J connectivity index is 3.38. The van der Waals surface area contributed by atoms with Crippen LogP contribution in [0.3, 0.4) is 0 Å². The molecular weight excluding hydrogens is 152 g/mol. The lowest BCUT2D eigenvalue weighted by Crippen LogP contribution is -2.08. The fourth-order valence-corrected chi connectivity index (χ4v) is 1.71. The van der Waals surface area contributed by atoms with Gasteiger partial charge in [0.15, 0.2) is 0 Å². The van der Waals surface area contributed by atoms with E-state index in [1.807, 2.05) is 0 Å². The molecule has 0 bridgehead atoms. The van der Waals surface area contributed by atoms with Crippen LogP contribution in [0.2, 0.25) is 0 Å². The van der Waals surface area contributed by atoms with Gasteiger partial charge in [-0.3, -0.25) is 0 Å². The van der Waals surface area contributed by atoms with E-state index in [0.717, 1.165) is 17.6 Å². The van der Waals surface area contributed by atoms with Gasteiger partial charge in [-0.05, 0) is 24.0 Å². The third kappa shape index (κ3) is 5.60. The van der Waals surface area contributed by atoms with Crippen molar-refractivity contribution in [2.45, 2.75) is 46.5 Å². The molecule has 0 heterocycles. The second-order valence-corrected chi connectivity index (χ2v) is 4.06. The molecule has 11 heavy (non-hydrogen) atoms. The molecule has 0 saturated heterocycles. The SMILES string of the molecule is CCCCC(C)C(C)CCS. The van der Waals surface area contributed by atoms with Gasteiger partial charge < -0.3 is 0 Å². The summed E-state index contributed by atoms with van der Waals surface area (Å²) in [4.78, 5) is 0. The average Bonchev–Trinajstić information content (AvgIpc) is 2.00. The van der Waals surface area contributed by atoms with Crippen molar-refractivity contribution in [3.05, 3.63) is 0 Å². The maximum Gasteiger partial charge on any atom is -0.00953 e. The van der Waals surface area contributed by atoms with E-state index in [1.54, 1.807) is 0 Å². The normalized spacial score (nSPS) is 16.4. The van der Waals surface area contributed by atoms with Crippen LogP contribution >= 0.6 is 12.6 Å². The minimum Gasteiger partial charge on any atom is -0.179 e. The summed E-state index contributed by atoms with van der Waals surface area (Å²) in [5.41, 5.74) is 0. The summed E-state index contributed by atoms with van der Waals surface area (Å²) in [7, 11) is 0. The van der Waals surface area contributed by atoms with Gasteiger partial charge in [0.05, 0.1) is 0 Å². The van der Waals surface area contributed by atoms with Crippen molar-refractivity contribution in [1.82, 2.24) is 0 Å². The highest BCUT2D eigenvalue weighted by molar-refractivity contribution is 7.80. The molecule has 0 nitrogen and oxygen atoms in total. The van der Waals surface area contributed by atoms with Gasteiger partial charge >= 0.3 is 0 Å². The summed E-state index contributed by atoms with van der Waals surface area (Å²) in [6.45, 7) is 6.97. The van der Waals surface area contributed by atoms with E-state index in [9.17, 15) is 0 Å². The standard InChI is InChI=1S/C10H22S/c1-4-5-6-9(2)10(3)7-8-11/h9-11H,4-8H2,1-3H3. The monoisotopic (exact) mass is 174 g/mol. The van der Waals surface area contributed by atoms with E-state index in [-0.39, 0.29) is 0 Å². The number of unbranched alkanes of at least 4 members (excludes halogenated alkanes) is 1. The van der Waals surface area contributed by atoms with E-state index in [4.69, 9.17) is 0 Å². The largest absolute Gasteiger partial charge is 0.179 e. The summed E-state index contributed by atoms with van der Waals surface area (Å²) < 4.78 is 0. The van der Waals surface area contributed by atoms with Crippen LogP contribution in [0.25, 0.3) is 0 Å². The van der Waals surface area contributed by atoms with Crippen LogP contribution < -0.4 is 0 Å². The molecule has 0 aromatic rings. The molecule has 1 heteroatoms. The molecule has 0 rings (SSSR count). The summed E-state index contributed by atoms with van der Waals surface area (Å²) in [5.74, 6) is 2.79. The fraction of sp³-hybridized carbons (Fsp3) is 1.00. The van der Waals surface area contributed by atoms with Gasteiger partial charge in [0.25, 0.3) is 0 Å². The summed E-state index contributed by atoms with van der Waals surface area (Å²) in [6.07, 6.45) is 5.38. The Morgan fingerprint density at radius 2 is 1.64 bits per heavy atom. The lowest BCUT2D eigenvalue weighted by atomic mass is 9.89. The predicted octanol–water partition coefficient (Wildman–Crippen LogP) is 3.77. The lowest BCUT2D eigenvalue weighted by Gasteiger charge is -2.18. The Kier molecular flexibility index (Phi) is 7.25. The van der Waals surface area contributed by atoms with Crippen LogP contribution in [0.4, 0.5) is 0 Å². The molecule has 2 atom stereocenters. The van der Waals surface area contributed by atoms with Crippen molar-refractivity contribution in [1.29, 1.82) is 0 Å². The van der Waals surface area contributed by atoms with Gasteiger partial charge in [0.1, 0.15) is 0 Å². The highest BCUT2D eigenvalue weighted by Gasteiger charge is 2.09. The minimum absolute atomic E-state index is 0.860. The van der Waals surface area contributed by atoms with Crippen molar-refractivity contribution < 1.29 is 0 Å². The molecule has 0 aliphatic heterocycles. The van der Waals surface area contributed by atoms with Crippen LogP contribution in [0.15, 0.2) is 0 Å². The Morgan fingerprint density at radius 3 is 2.09 bits per heavy atom. The summed E-state index contributed by atoms with van der Waals surface area (Å²) in [5, 5.41) is 0. The Bertz CT molecular complexity index is 80.9. The quantitative estimate of drug-likeness (QED) is 0.582. The van der Waals surface area contributed by atoms with Crippen LogP contribution in [0.5, 0.6) is 0 Å². The number of thiol groups is 1. The molecule has 0 aromatic carbocycles. The van der Waals surface area contributed by atoms with E-state index in [0.29, 0.717) is 0 Å². The first-order chi connectivity index (χ1) is 5.22. The molecular formula is C10H22S. The molecule has 0 aliphatic rings.